The smallest absolute Gasteiger partial charge is 0.340 e. The van der Waals surface area contributed by atoms with Crippen molar-refractivity contribution in [2.45, 2.75) is 26.8 Å². The van der Waals surface area contributed by atoms with Crippen LogP contribution in [-0.4, -0.2) is 17.6 Å². The quantitative estimate of drug-likeness (QED) is 0.654. The van der Waals surface area contributed by atoms with Crippen LogP contribution in [0.25, 0.3) is 0 Å². The van der Waals surface area contributed by atoms with Crippen LogP contribution in [0.3, 0.4) is 0 Å². The summed E-state index contributed by atoms with van der Waals surface area (Å²) >= 11 is 1.61. The van der Waals surface area contributed by atoms with Gasteiger partial charge in [-0.15, -0.1) is 11.3 Å². The Morgan fingerprint density at radius 1 is 1.52 bits per heavy atom. The highest BCUT2D eigenvalue weighted by molar-refractivity contribution is 7.09. The first-order valence-electron chi connectivity index (χ1n) is 6.76. The topological polar surface area (TPSA) is 77.2 Å². The van der Waals surface area contributed by atoms with Gasteiger partial charge in [-0.25, -0.2) is 9.78 Å². The number of nitrogens with two attached hydrogens (primary N) is 1. The van der Waals surface area contributed by atoms with Crippen LogP contribution < -0.4 is 11.1 Å². The van der Waals surface area contributed by atoms with Crippen molar-refractivity contribution in [1.29, 1.82) is 0 Å². The van der Waals surface area contributed by atoms with E-state index in [1.165, 1.54) is 0 Å². The molecule has 0 saturated heterocycles. The third-order valence-electron chi connectivity index (χ3n) is 2.94. The molecule has 2 aromatic rings. The summed E-state index contributed by atoms with van der Waals surface area (Å²) in [4.78, 5) is 16.3. The molecule has 21 heavy (non-hydrogen) atoms. The molecular formula is C15H19N3O2S. The van der Waals surface area contributed by atoms with Crippen molar-refractivity contribution in [2.75, 3.05) is 17.7 Å². The predicted molar refractivity (Wildman–Crippen MR) is 85.7 cm³/mol. The first kappa shape index (κ1) is 15.3. The summed E-state index contributed by atoms with van der Waals surface area (Å²) in [6.45, 7) is 6.08. The molecule has 3 N–H and O–H groups in total. The number of carbonyl (C=O) groups excluding carboxylic acids is 1. The summed E-state index contributed by atoms with van der Waals surface area (Å²) in [5.41, 5.74) is 8.44. The van der Waals surface area contributed by atoms with Gasteiger partial charge in [-0.1, -0.05) is 0 Å². The van der Waals surface area contributed by atoms with Crippen molar-refractivity contribution in [2.24, 2.45) is 0 Å². The lowest BCUT2D eigenvalue weighted by Gasteiger charge is -2.14. The van der Waals surface area contributed by atoms with Crippen LogP contribution in [0.4, 0.5) is 11.4 Å². The molecule has 1 unspecified atom stereocenters. The number of hydrogen-bond donors (Lipinski definition) is 2. The molecule has 0 aliphatic heterocycles. The zero-order valence-electron chi connectivity index (χ0n) is 12.3. The molecule has 0 aliphatic rings. The monoisotopic (exact) mass is 305 g/mol. The summed E-state index contributed by atoms with van der Waals surface area (Å²) in [7, 11) is 0. The van der Waals surface area contributed by atoms with E-state index in [1.54, 1.807) is 30.4 Å². The Hall–Kier alpha value is -2.08. The molecule has 2 rings (SSSR count). The largest absolute Gasteiger partial charge is 0.462 e. The molecule has 6 heteroatoms. The number of nitrogen functional groups attached to an aromatic ring is 1. The van der Waals surface area contributed by atoms with E-state index in [4.69, 9.17) is 10.5 Å². The van der Waals surface area contributed by atoms with Crippen LogP contribution in [0.15, 0.2) is 23.6 Å². The van der Waals surface area contributed by atoms with Gasteiger partial charge in [0, 0.05) is 22.4 Å². The number of aryl methyl sites for hydroxylation is 1. The molecule has 0 amide bonds. The van der Waals surface area contributed by atoms with Crippen molar-refractivity contribution < 1.29 is 9.53 Å². The molecule has 0 radical (unpaired) electrons. The number of anilines is 2. The highest BCUT2D eigenvalue weighted by Crippen LogP contribution is 2.25. The molecule has 0 spiro atoms. The Kier molecular flexibility index (Phi) is 4.80. The molecule has 1 aromatic carbocycles. The summed E-state index contributed by atoms with van der Waals surface area (Å²) in [5.74, 6) is -0.406. The lowest BCUT2D eigenvalue weighted by Crippen LogP contribution is -2.11. The Balaban J connectivity index is 2.17. The molecule has 0 fully saturated rings. The Bertz CT molecular complexity index is 640. The number of thiazole rings is 1. The van der Waals surface area contributed by atoms with Crippen LogP contribution >= 0.6 is 11.3 Å². The first-order valence-corrected chi connectivity index (χ1v) is 7.64. The second kappa shape index (κ2) is 6.58. The summed E-state index contributed by atoms with van der Waals surface area (Å²) in [5, 5.41) is 6.34. The number of nitrogens with one attached hydrogen (secondary N) is 1. The Morgan fingerprint density at radius 3 is 2.90 bits per heavy atom. The molecule has 5 nitrogen and oxygen atoms in total. The Morgan fingerprint density at radius 2 is 2.29 bits per heavy atom. The van der Waals surface area contributed by atoms with Gasteiger partial charge in [-0.3, -0.25) is 0 Å². The minimum Gasteiger partial charge on any atom is -0.462 e. The third kappa shape index (κ3) is 3.72. The van der Waals surface area contributed by atoms with Gasteiger partial charge in [-0.2, -0.15) is 0 Å². The number of carbonyl (C=O) groups is 1. The fourth-order valence-electron chi connectivity index (χ4n) is 1.91. The average Bonchev–Trinajstić information content (AvgIpc) is 2.88. The van der Waals surface area contributed by atoms with E-state index < -0.39 is 5.97 Å². The maximum absolute atomic E-state index is 11.8. The molecule has 112 valence electrons. The lowest BCUT2D eigenvalue weighted by molar-refractivity contribution is 0.0527. The van der Waals surface area contributed by atoms with Crippen LogP contribution in [0.1, 0.15) is 40.9 Å². The van der Waals surface area contributed by atoms with Gasteiger partial charge >= 0.3 is 5.97 Å². The number of benzene rings is 1. The van der Waals surface area contributed by atoms with Gasteiger partial charge in [0.05, 0.1) is 18.2 Å². The van der Waals surface area contributed by atoms with Crippen LogP contribution in [-0.2, 0) is 4.74 Å². The van der Waals surface area contributed by atoms with Crippen LogP contribution in [0.2, 0.25) is 0 Å². The maximum Gasteiger partial charge on any atom is 0.340 e. The van der Waals surface area contributed by atoms with Gasteiger partial charge in [0.15, 0.2) is 0 Å². The van der Waals surface area contributed by atoms with E-state index in [0.717, 1.165) is 16.4 Å². The number of ether oxygens (including phenoxy) is 1. The fourth-order valence-corrected chi connectivity index (χ4v) is 2.72. The van der Waals surface area contributed by atoms with E-state index in [-0.39, 0.29) is 6.04 Å². The van der Waals surface area contributed by atoms with Crippen LogP contribution in [0, 0.1) is 6.92 Å². The standard InChI is InChI=1S/C15H19N3O2S/c1-4-20-15(19)12-7-11(5-6-13(12)16)18-10(3)14-17-9(2)8-21-14/h5-8,10,18H,4,16H2,1-3H3. The molecule has 0 bridgehead atoms. The molecule has 0 saturated carbocycles. The third-order valence-corrected chi connectivity index (χ3v) is 4.08. The molecular weight excluding hydrogens is 286 g/mol. The highest BCUT2D eigenvalue weighted by atomic mass is 32.1. The van der Waals surface area contributed by atoms with E-state index in [0.29, 0.717) is 17.9 Å². The van der Waals surface area contributed by atoms with Crippen molar-refractivity contribution in [3.8, 4) is 0 Å². The number of aromatic nitrogens is 1. The first-order chi connectivity index (χ1) is 10.0. The summed E-state index contributed by atoms with van der Waals surface area (Å²) in [6, 6.07) is 5.32. The molecule has 1 aromatic heterocycles. The second-order valence-corrected chi connectivity index (χ2v) is 5.61. The molecule has 0 aliphatic carbocycles. The van der Waals surface area contributed by atoms with Crippen molar-refractivity contribution in [3.63, 3.8) is 0 Å². The molecule has 1 heterocycles. The maximum atomic E-state index is 11.8. The van der Waals surface area contributed by atoms with Crippen molar-refractivity contribution >= 4 is 28.7 Å². The second-order valence-electron chi connectivity index (χ2n) is 4.72. The van der Waals surface area contributed by atoms with E-state index >= 15 is 0 Å². The predicted octanol–water partition coefficient (Wildman–Crippen LogP) is 3.38. The van der Waals surface area contributed by atoms with Gasteiger partial charge < -0.3 is 15.8 Å². The SMILES string of the molecule is CCOC(=O)c1cc(NC(C)c2nc(C)cs2)ccc1N. The lowest BCUT2D eigenvalue weighted by atomic mass is 10.1. The van der Waals surface area contributed by atoms with E-state index in [2.05, 4.69) is 10.3 Å². The highest BCUT2D eigenvalue weighted by Gasteiger charge is 2.14. The Labute approximate surface area is 128 Å². The minimum absolute atomic E-state index is 0.0578. The van der Waals surface area contributed by atoms with Gasteiger partial charge in [0.25, 0.3) is 0 Å². The number of rotatable bonds is 5. The van der Waals surface area contributed by atoms with E-state index in [9.17, 15) is 4.79 Å². The summed E-state index contributed by atoms with van der Waals surface area (Å²) < 4.78 is 5.00. The number of nitrogens with zero attached hydrogens (tertiary/aromatic N) is 1. The zero-order valence-corrected chi connectivity index (χ0v) is 13.2. The fraction of sp³-hybridized carbons (Fsp3) is 0.333. The minimum atomic E-state index is -0.406. The number of hydrogen-bond acceptors (Lipinski definition) is 6. The number of esters is 1. The normalized spacial score (nSPS) is 12.0. The molecule has 1 atom stereocenters. The van der Waals surface area contributed by atoms with Gasteiger partial charge in [0.1, 0.15) is 5.01 Å². The zero-order chi connectivity index (χ0) is 15.4. The van der Waals surface area contributed by atoms with Gasteiger partial charge in [0.2, 0.25) is 0 Å². The summed E-state index contributed by atoms with van der Waals surface area (Å²) in [6.07, 6.45) is 0. The van der Waals surface area contributed by atoms with E-state index in [1.807, 2.05) is 25.3 Å². The average molecular weight is 305 g/mol. The van der Waals surface area contributed by atoms with Crippen molar-refractivity contribution in [1.82, 2.24) is 4.98 Å². The van der Waals surface area contributed by atoms with Gasteiger partial charge in [-0.05, 0) is 39.0 Å². The van der Waals surface area contributed by atoms with Crippen LogP contribution in [0.5, 0.6) is 0 Å². The van der Waals surface area contributed by atoms with Crippen molar-refractivity contribution in [3.05, 3.63) is 39.8 Å².